The van der Waals surface area contributed by atoms with Gasteiger partial charge in [-0.2, -0.15) is 0 Å². The molecule has 0 atom stereocenters. The predicted molar refractivity (Wildman–Crippen MR) is 692 cm³/mol. The molecular weight excluding hydrogens is 2100 g/mol. The van der Waals surface area contributed by atoms with E-state index in [1.54, 1.807) is 0 Å². The second kappa shape index (κ2) is 66.4. The van der Waals surface area contributed by atoms with Crippen LogP contribution in [0.15, 0.2) is 0 Å². The maximum absolute atomic E-state index is 9.58. The zero-order chi connectivity index (χ0) is 117. The smallest absolute Gasteiger partial charge is 0.321 e. The Morgan fingerprint density at radius 2 is 0.0933 bits per heavy atom. The number of hydrogen-bond acceptors (Lipinski definition) is 15. The highest BCUT2D eigenvalue weighted by Crippen LogP contribution is 2.56. The Bertz CT molecular complexity index is 2480. The van der Waals surface area contributed by atoms with E-state index in [1.807, 2.05) is 0 Å². The Morgan fingerprint density at radius 3 is 0.113 bits per heavy atom. The van der Waals surface area contributed by atoms with Gasteiger partial charge in [-0.3, -0.25) is 0 Å². The quantitative estimate of drug-likeness (QED) is 0.0534. The molecule has 1 aliphatic heterocycles. The van der Waals surface area contributed by atoms with Gasteiger partial charge in [-0.15, -0.1) is 0 Å². The summed E-state index contributed by atoms with van der Waals surface area (Å²) in [6, 6.07) is 24.5. The third kappa shape index (κ3) is 57.3. The lowest BCUT2D eigenvalue weighted by Gasteiger charge is -2.55. The third-order valence-electron chi connectivity index (χ3n) is 27.2. The fourth-order valence-corrected chi connectivity index (χ4v) is 136. The van der Waals surface area contributed by atoms with E-state index in [9.17, 15) is 61.7 Å². The van der Waals surface area contributed by atoms with E-state index >= 15 is 0 Å². The molecule has 1 fully saturated rings. The first-order valence-electron chi connectivity index (χ1n) is 63.6. The molecule has 0 bridgehead atoms. The molecule has 0 N–H and O–H groups in total. The van der Waals surface area contributed by atoms with Gasteiger partial charge in [-0.1, -0.05) is 415 Å². The Balaban J connectivity index is 7.13. The average Bonchev–Trinajstić information content (AvgIpc) is 0.739. The van der Waals surface area contributed by atoms with Crippen LogP contribution < -0.4 is 0 Å². The minimum Gasteiger partial charge on any atom is -0.415 e. The maximum Gasteiger partial charge on any atom is 0.321 e. The van der Waals surface area contributed by atoms with Gasteiger partial charge in [0, 0.05) is 0 Å². The number of hydrogen-bond donors (Lipinski definition) is 0. The van der Waals surface area contributed by atoms with Crippen molar-refractivity contribution in [1.29, 1.82) is 0 Å². The average molecular weight is 2370 g/mol. The van der Waals surface area contributed by atoms with Crippen LogP contribution in [0.4, 0.5) is 0 Å². The highest BCUT2D eigenvalue weighted by Gasteiger charge is 2.69. The van der Waals surface area contributed by atoms with Crippen molar-refractivity contribution in [2.75, 3.05) is 0 Å². The molecule has 0 aromatic carbocycles. The monoisotopic (exact) mass is 2370 g/mol. The van der Waals surface area contributed by atoms with Crippen LogP contribution in [-0.4, -0.2) is 128 Å². The molecule has 1 saturated heterocycles. The Labute approximate surface area is 956 Å². The first kappa shape index (κ1) is 151. The molecule has 0 saturated carbocycles. The first-order valence-corrected chi connectivity index (χ1v) is 97.1. The van der Waals surface area contributed by atoms with Crippen LogP contribution in [0.5, 0.6) is 0 Å². The highest BCUT2D eigenvalue weighted by molar-refractivity contribution is 6.99. The largest absolute Gasteiger partial charge is 0.415 e. The van der Waals surface area contributed by atoms with E-state index in [2.05, 4.69) is 415 Å². The summed E-state index contributed by atoms with van der Waals surface area (Å²) < 4.78 is 144. The lowest BCUT2D eigenvalue weighted by atomic mass is 10.3. The summed E-state index contributed by atoms with van der Waals surface area (Å²) in [6.07, 6.45) is 0. The van der Waals surface area contributed by atoms with Gasteiger partial charge in [0.1, 0.15) is 0 Å². The van der Waals surface area contributed by atoms with Gasteiger partial charge in [0.25, 0.3) is 0 Å². The summed E-state index contributed by atoms with van der Waals surface area (Å²) in [4.78, 5) is 0. The van der Waals surface area contributed by atoms with E-state index in [0.717, 1.165) is 181 Å². The van der Waals surface area contributed by atoms with Crippen molar-refractivity contribution in [3.8, 4) is 0 Å². The van der Waals surface area contributed by atoms with Crippen LogP contribution in [0.3, 0.4) is 0 Å². The predicted octanol–water partition coefficient (Wildman–Crippen LogP) is 41.6. The second-order valence-corrected chi connectivity index (χ2v) is 115. The highest BCUT2D eigenvalue weighted by atomic mass is 28.5. The van der Waals surface area contributed by atoms with Crippen LogP contribution in [-0.2, 0) is 61.7 Å². The molecule has 0 aliphatic carbocycles. The van der Waals surface area contributed by atoms with Gasteiger partial charge in [0.2, 0.25) is 0 Å². The molecule has 0 spiro atoms. The molecule has 30 heteroatoms. The van der Waals surface area contributed by atoms with E-state index in [4.69, 9.17) is 0 Å². The normalized spacial score (nSPS) is 21.0. The summed E-state index contributed by atoms with van der Waals surface area (Å²) in [5.74, 6) is 6.75. The van der Waals surface area contributed by atoms with Crippen molar-refractivity contribution in [3.05, 3.63) is 0 Å². The van der Waals surface area contributed by atoms with Crippen molar-refractivity contribution in [3.63, 3.8) is 0 Å². The van der Waals surface area contributed by atoms with Crippen molar-refractivity contribution < 1.29 is 61.7 Å². The van der Waals surface area contributed by atoms with Crippen LogP contribution in [0, 0.1) is 178 Å². The summed E-state index contributed by atoms with van der Waals surface area (Å²) >= 11 is 0. The molecule has 1 aliphatic rings. The standard InChI is InChI=1S/C120H270O15Si15/c1-91(2)61-136(62-92(3)4)121-137(63-93(5)6,64-94(7)8)123-139(67-97(13)14,68-98(15)16)125-141(71-101(21)22,72-102(23)24)127-143(75-105(29)30,76-106(31)32)129-145(79-109(37)38,80-110(39)40)131-147(83-113(45)46,84-114(47)48)133-149(87-117(53)54,88-118(55)56)135-150(89-119(57)58,90-120(59)60)134-148(85-115(49)50,86-116(51)52)132-146(81-111(41)42,82-112(43)44)130-144(77-107(33)34,78-108(35)36)128-142(73-103(25)26,74-104(27)28)126-140(69-99(17)18,70-100(19)20)124-138(122-136,65-95(9)10)66-96(11)12/h91-120H,61-90H2,1-60H3. The molecule has 1 heterocycles. The summed E-state index contributed by atoms with van der Waals surface area (Å²) in [7, 11) is -56.0. The van der Waals surface area contributed by atoms with Crippen LogP contribution in [0.25, 0.3) is 0 Å². The van der Waals surface area contributed by atoms with E-state index in [1.165, 1.54) is 0 Å². The van der Waals surface area contributed by atoms with Crippen LogP contribution in [0.2, 0.25) is 181 Å². The Hall–Kier alpha value is 2.65. The summed E-state index contributed by atoms with van der Waals surface area (Å²) in [5.41, 5.74) is 0. The van der Waals surface area contributed by atoms with Gasteiger partial charge in [-0.25, -0.2) is 0 Å². The van der Waals surface area contributed by atoms with Gasteiger partial charge in [-0.05, 0) is 359 Å². The van der Waals surface area contributed by atoms with Crippen molar-refractivity contribution in [2.45, 2.75) is 597 Å². The van der Waals surface area contributed by atoms with Crippen molar-refractivity contribution in [1.82, 2.24) is 0 Å². The van der Waals surface area contributed by atoms with Gasteiger partial charge in [0.15, 0.2) is 0 Å². The third-order valence-corrected chi connectivity index (χ3v) is 115. The lowest BCUT2D eigenvalue weighted by molar-refractivity contribution is 0.197. The van der Waals surface area contributed by atoms with Gasteiger partial charge >= 0.3 is 128 Å². The topological polar surface area (TPSA) is 138 Å². The summed E-state index contributed by atoms with van der Waals surface area (Å²) in [5, 5.41) is 0. The molecule has 0 aromatic rings. The molecule has 0 radical (unpaired) electrons. The van der Waals surface area contributed by atoms with Crippen LogP contribution >= 0.6 is 0 Å². The summed E-state index contributed by atoms with van der Waals surface area (Å²) in [6.45, 7) is 149. The molecule has 900 valence electrons. The fraction of sp³-hybridized carbons (Fsp3) is 1.00. The maximum atomic E-state index is 9.58. The van der Waals surface area contributed by atoms with Crippen molar-refractivity contribution >= 4 is 128 Å². The van der Waals surface area contributed by atoms with Gasteiger partial charge < -0.3 is 61.7 Å². The second-order valence-electron chi connectivity index (χ2n) is 63.1. The first-order chi connectivity index (χ1) is 68.1. The van der Waals surface area contributed by atoms with Gasteiger partial charge in [0.05, 0.1) is 0 Å². The molecule has 1 rings (SSSR count). The molecule has 0 aromatic heterocycles. The Kier molecular flexibility index (Phi) is 66.7. The zero-order valence-electron chi connectivity index (χ0n) is 112. The zero-order valence-corrected chi connectivity index (χ0v) is 127. The molecule has 150 heavy (non-hydrogen) atoms. The molecule has 0 amide bonds. The van der Waals surface area contributed by atoms with E-state index in [0.29, 0.717) is 0 Å². The fourth-order valence-electron chi connectivity index (χ4n) is 27.8. The molecular formula is C120H270O15Si15. The number of rotatable bonds is 60. The minimum atomic E-state index is -3.73. The van der Waals surface area contributed by atoms with Crippen LogP contribution in [0.1, 0.15) is 415 Å². The lowest BCUT2D eigenvalue weighted by Crippen LogP contribution is -2.71. The minimum absolute atomic E-state index is 0.225. The Morgan fingerprint density at radius 1 is 0.0667 bits per heavy atom. The van der Waals surface area contributed by atoms with E-state index in [-0.39, 0.29) is 178 Å². The van der Waals surface area contributed by atoms with Crippen molar-refractivity contribution in [2.24, 2.45) is 178 Å². The molecule has 0 unspecified atom stereocenters. The van der Waals surface area contributed by atoms with E-state index < -0.39 is 128 Å². The molecule has 15 nitrogen and oxygen atoms in total. The SMILES string of the molecule is CC(C)C[Si]1(CC(C)C)O[Si](CC(C)C)(CC(C)C)O[Si](CC(C)C)(CC(C)C)O[Si](CC(C)C)(CC(C)C)O[Si](CC(C)C)(CC(C)C)O[Si](CC(C)C)(CC(C)C)O[Si](CC(C)C)(CC(C)C)O[Si](CC(C)C)(CC(C)C)O[Si](CC(C)C)(CC(C)C)O[Si](CC(C)C)(CC(C)C)O[Si](CC(C)C)(CC(C)C)O[Si](CC(C)C)(CC(C)C)O[Si](CC(C)C)(CC(C)C)O[Si](CC(C)C)(CC(C)C)O[Si](CC(C)C)(CC(C)C)O1.